The second-order valence-corrected chi connectivity index (χ2v) is 5.74. The van der Waals surface area contributed by atoms with Crippen LogP contribution >= 0.6 is 15.9 Å². The van der Waals surface area contributed by atoms with Crippen molar-refractivity contribution in [2.45, 2.75) is 19.9 Å². The number of halogens is 3. The molecular formula is C16H14BrF2NO. The molecule has 2 nitrogen and oxygen atoms in total. The third-order valence-corrected chi connectivity index (χ3v) is 3.71. The van der Waals surface area contributed by atoms with E-state index in [2.05, 4.69) is 21.2 Å². The average molecular weight is 354 g/mol. The molecule has 0 aromatic heterocycles. The third-order valence-electron chi connectivity index (χ3n) is 3.22. The maximum atomic E-state index is 13.7. The van der Waals surface area contributed by atoms with Crippen LogP contribution in [0.1, 0.15) is 34.5 Å². The van der Waals surface area contributed by atoms with Crippen LogP contribution in [0.3, 0.4) is 0 Å². The minimum Gasteiger partial charge on any atom is -0.345 e. The molecular weight excluding hydrogens is 340 g/mol. The molecule has 2 aromatic carbocycles. The van der Waals surface area contributed by atoms with Crippen LogP contribution in [0.15, 0.2) is 40.9 Å². The fourth-order valence-corrected chi connectivity index (χ4v) is 2.40. The van der Waals surface area contributed by atoms with Crippen molar-refractivity contribution in [2.75, 3.05) is 0 Å². The lowest BCUT2D eigenvalue weighted by Crippen LogP contribution is -2.28. The Bertz CT molecular complexity index is 688. The van der Waals surface area contributed by atoms with Crippen LogP contribution in [0.2, 0.25) is 0 Å². The molecule has 2 aromatic rings. The number of hydrogen-bond donors (Lipinski definition) is 1. The molecule has 1 amide bonds. The fourth-order valence-electron chi connectivity index (χ4n) is 2.04. The number of aryl methyl sites for hydroxylation is 1. The summed E-state index contributed by atoms with van der Waals surface area (Å²) in [6, 6.07) is 7.90. The van der Waals surface area contributed by atoms with Crippen LogP contribution in [-0.2, 0) is 0 Å². The van der Waals surface area contributed by atoms with E-state index >= 15 is 0 Å². The van der Waals surface area contributed by atoms with Crippen molar-refractivity contribution in [1.82, 2.24) is 5.32 Å². The van der Waals surface area contributed by atoms with E-state index in [0.29, 0.717) is 5.56 Å². The molecule has 1 N–H and O–H groups in total. The molecule has 2 rings (SSSR count). The van der Waals surface area contributed by atoms with Crippen LogP contribution in [0.25, 0.3) is 0 Å². The lowest BCUT2D eigenvalue weighted by atomic mass is 10.1. The highest BCUT2D eigenvalue weighted by Crippen LogP contribution is 2.20. The van der Waals surface area contributed by atoms with E-state index in [1.54, 1.807) is 13.0 Å². The summed E-state index contributed by atoms with van der Waals surface area (Å²) >= 11 is 3.31. The first kappa shape index (κ1) is 15.6. The van der Waals surface area contributed by atoms with Gasteiger partial charge in [0.1, 0.15) is 11.6 Å². The van der Waals surface area contributed by atoms with Gasteiger partial charge in [0.05, 0.1) is 6.04 Å². The van der Waals surface area contributed by atoms with E-state index in [-0.39, 0.29) is 11.5 Å². The van der Waals surface area contributed by atoms with Gasteiger partial charge in [-0.25, -0.2) is 8.78 Å². The molecule has 110 valence electrons. The zero-order valence-electron chi connectivity index (χ0n) is 11.6. The summed E-state index contributed by atoms with van der Waals surface area (Å²) in [5.74, 6) is -1.41. The Morgan fingerprint density at radius 3 is 2.62 bits per heavy atom. The molecule has 21 heavy (non-hydrogen) atoms. The van der Waals surface area contributed by atoms with Crippen molar-refractivity contribution in [1.29, 1.82) is 0 Å². The van der Waals surface area contributed by atoms with E-state index in [1.165, 1.54) is 0 Å². The van der Waals surface area contributed by atoms with Crippen molar-refractivity contribution in [3.05, 3.63) is 69.2 Å². The van der Waals surface area contributed by atoms with Gasteiger partial charge < -0.3 is 5.32 Å². The van der Waals surface area contributed by atoms with Gasteiger partial charge in [-0.05, 0) is 49.7 Å². The summed E-state index contributed by atoms with van der Waals surface area (Å²) in [6.07, 6.45) is 0. The van der Waals surface area contributed by atoms with Crippen LogP contribution in [0, 0.1) is 18.6 Å². The molecule has 0 saturated heterocycles. The SMILES string of the molecule is Cc1ccc(Br)cc1C(=O)NC(C)c1cc(F)ccc1F. The van der Waals surface area contributed by atoms with E-state index in [9.17, 15) is 13.6 Å². The minimum atomic E-state index is -0.633. The van der Waals surface area contributed by atoms with Crippen molar-refractivity contribution in [3.8, 4) is 0 Å². The number of rotatable bonds is 3. The molecule has 1 atom stereocenters. The van der Waals surface area contributed by atoms with Crippen molar-refractivity contribution in [2.24, 2.45) is 0 Å². The summed E-state index contributed by atoms with van der Waals surface area (Å²) in [7, 11) is 0. The Morgan fingerprint density at radius 1 is 1.19 bits per heavy atom. The molecule has 0 bridgehead atoms. The number of nitrogens with one attached hydrogen (secondary N) is 1. The molecule has 0 radical (unpaired) electrons. The summed E-state index contributed by atoms with van der Waals surface area (Å²) in [4.78, 5) is 12.2. The predicted molar refractivity (Wildman–Crippen MR) is 81.1 cm³/mol. The van der Waals surface area contributed by atoms with E-state index in [1.807, 2.05) is 19.1 Å². The maximum Gasteiger partial charge on any atom is 0.252 e. The second-order valence-electron chi connectivity index (χ2n) is 4.82. The quantitative estimate of drug-likeness (QED) is 0.862. The number of benzene rings is 2. The van der Waals surface area contributed by atoms with Crippen molar-refractivity contribution < 1.29 is 13.6 Å². The van der Waals surface area contributed by atoms with Gasteiger partial charge in [0.15, 0.2) is 0 Å². The first-order valence-corrected chi connectivity index (χ1v) is 7.19. The second kappa shape index (κ2) is 6.35. The van der Waals surface area contributed by atoms with E-state index < -0.39 is 17.7 Å². The lowest BCUT2D eigenvalue weighted by Gasteiger charge is -2.16. The average Bonchev–Trinajstić information content (AvgIpc) is 2.43. The standard InChI is InChI=1S/C16H14BrF2NO/c1-9-3-4-11(17)7-13(9)16(21)20-10(2)14-8-12(18)5-6-15(14)19/h3-8,10H,1-2H3,(H,20,21). The summed E-state index contributed by atoms with van der Waals surface area (Å²) in [6.45, 7) is 3.43. The molecule has 0 aliphatic carbocycles. The first-order chi connectivity index (χ1) is 9.88. The normalized spacial score (nSPS) is 12.0. The highest BCUT2D eigenvalue weighted by molar-refractivity contribution is 9.10. The Kier molecular flexibility index (Phi) is 4.73. The molecule has 0 saturated carbocycles. The van der Waals surface area contributed by atoms with Gasteiger partial charge in [0, 0.05) is 15.6 Å². The zero-order valence-corrected chi connectivity index (χ0v) is 13.2. The number of carbonyl (C=O) groups is 1. The lowest BCUT2D eigenvalue weighted by molar-refractivity contribution is 0.0938. The Morgan fingerprint density at radius 2 is 1.90 bits per heavy atom. The van der Waals surface area contributed by atoms with Crippen LogP contribution < -0.4 is 5.32 Å². The van der Waals surface area contributed by atoms with Gasteiger partial charge in [-0.1, -0.05) is 22.0 Å². The van der Waals surface area contributed by atoms with Crippen LogP contribution in [0.4, 0.5) is 8.78 Å². The minimum absolute atomic E-state index is 0.121. The van der Waals surface area contributed by atoms with E-state index in [0.717, 1.165) is 28.2 Å². The molecule has 0 aliphatic heterocycles. The largest absolute Gasteiger partial charge is 0.345 e. The number of carbonyl (C=O) groups excluding carboxylic acids is 1. The summed E-state index contributed by atoms with van der Waals surface area (Å²) < 4.78 is 27.7. The molecule has 1 unspecified atom stereocenters. The molecule has 5 heteroatoms. The molecule has 0 heterocycles. The van der Waals surface area contributed by atoms with Gasteiger partial charge >= 0.3 is 0 Å². The Labute approximate surface area is 130 Å². The topological polar surface area (TPSA) is 29.1 Å². The third kappa shape index (κ3) is 3.67. The number of hydrogen-bond acceptors (Lipinski definition) is 1. The highest BCUT2D eigenvalue weighted by Gasteiger charge is 2.17. The summed E-state index contributed by atoms with van der Waals surface area (Å²) in [5.41, 5.74) is 1.42. The van der Waals surface area contributed by atoms with Crippen molar-refractivity contribution >= 4 is 21.8 Å². The summed E-state index contributed by atoms with van der Waals surface area (Å²) in [5, 5.41) is 2.68. The van der Waals surface area contributed by atoms with Gasteiger partial charge in [0.2, 0.25) is 0 Å². The highest BCUT2D eigenvalue weighted by atomic mass is 79.9. The molecule has 0 spiro atoms. The van der Waals surface area contributed by atoms with Crippen molar-refractivity contribution in [3.63, 3.8) is 0 Å². The Hall–Kier alpha value is -1.75. The fraction of sp³-hybridized carbons (Fsp3) is 0.188. The number of amides is 1. The van der Waals surface area contributed by atoms with Crippen LogP contribution in [0.5, 0.6) is 0 Å². The zero-order chi connectivity index (χ0) is 15.6. The van der Waals surface area contributed by atoms with Gasteiger partial charge in [-0.2, -0.15) is 0 Å². The predicted octanol–water partition coefficient (Wildman–Crippen LogP) is 4.53. The van der Waals surface area contributed by atoms with Gasteiger partial charge in [0.25, 0.3) is 5.91 Å². The monoisotopic (exact) mass is 353 g/mol. The maximum absolute atomic E-state index is 13.7. The van der Waals surface area contributed by atoms with Crippen LogP contribution in [-0.4, -0.2) is 5.91 Å². The molecule has 0 aliphatic rings. The first-order valence-electron chi connectivity index (χ1n) is 6.40. The van der Waals surface area contributed by atoms with Gasteiger partial charge in [-0.15, -0.1) is 0 Å². The van der Waals surface area contributed by atoms with E-state index in [4.69, 9.17) is 0 Å². The Balaban J connectivity index is 2.23. The van der Waals surface area contributed by atoms with Gasteiger partial charge in [-0.3, -0.25) is 4.79 Å². The smallest absolute Gasteiger partial charge is 0.252 e. The molecule has 0 fully saturated rings.